The quantitative estimate of drug-likeness (QED) is 0.293. The molecule has 5 heteroatoms. The van der Waals surface area contributed by atoms with Crippen molar-refractivity contribution in [3.63, 3.8) is 0 Å². The largest absolute Gasteiger partial charge is 0.461 e. The van der Waals surface area contributed by atoms with E-state index in [0.29, 0.717) is 22.9 Å². The summed E-state index contributed by atoms with van der Waals surface area (Å²) < 4.78 is 5.42. The minimum Gasteiger partial charge on any atom is -0.461 e. The van der Waals surface area contributed by atoms with Gasteiger partial charge in [0.2, 0.25) is 0 Å². The first-order valence-corrected chi connectivity index (χ1v) is 8.81. The highest BCUT2D eigenvalue weighted by Gasteiger charge is 2.13. The lowest BCUT2D eigenvalue weighted by Crippen LogP contribution is -2.03. The fourth-order valence-corrected chi connectivity index (χ4v) is 3.43. The normalized spacial score (nSPS) is 10.9. The van der Waals surface area contributed by atoms with Crippen molar-refractivity contribution in [3.8, 4) is 11.6 Å². The van der Waals surface area contributed by atoms with Crippen LogP contribution in [0, 0.1) is 0 Å². The molecular weight excluding hydrogens is 332 g/mol. The van der Waals surface area contributed by atoms with Gasteiger partial charge in [-0.15, -0.1) is 0 Å². The second-order valence-electron chi connectivity index (χ2n) is 5.42. The number of para-hydroxylation sites is 1. The summed E-state index contributed by atoms with van der Waals surface area (Å²) in [6.45, 7) is 0. The van der Waals surface area contributed by atoms with Crippen molar-refractivity contribution < 1.29 is 9.21 Å². The maximum absolute atomic E-state index is 12.4. The topological polar surface area (TPSA) is 56.0 Å². The van der Waals surface area contributed by atoms with E-state index in [0.717, 1.165) is 15.9 Å². The van der Waals surface area contributed by atoms with Crippen molar-refractivity contribution in [2.45, 2.75) is 5.03 Å². The number of Topliss-reactive ketones (excluding diaryl/α,β-unsaturated/α-hetero) is 1. The van der Waals surface area contributed by atoms with E-state index < -0.39 is 0 Å². The van der Waals surface area contributed by atoms with Gasteiger partial charge in [0, 0.05) is 10.9 Å². The van der Waals surface area contributed by atoms with Gasteiger partial charge in [-0.2, -0.15) is 0 Å². The molecule has 2 aromatic carbocycles. The average molecular weight is 346 g/mol. The minimum atomic E-state index is 0.0767. The van der Waals surface area contributed by atoms with Crippen LogP contribution in [0.1, 0.15) is 10.4 Å². The van der Waals surface area contributed by atoms with Crippen LogP contribution in [0.25, 0.3) is 22.5 Å². The summed E-state index contributed by atoms with van der Waals surface area (Å²) in [7, 11) is 0. The van der Waals surface area contributed by atoms with Crippen molar-refractivity contribution in [1.29, 1.82) is 0 Å². The maximum Gasteiger partial charge on any atom is 0.197 e. The summed E-state index contributed by atoms with van der Waals surface area (Å²) in [4.78, 5) is 21.6. The molecule has 2 aromatic heterocycles. The molecule has 4 nitrogen and oxygen atoms in total. The molecule has 4 rings (SSSR count). The van der Waals surface area contributed by atoms with Crippen molar-refractivity contribution >= 4 is 28.4 Å². The summed E-state index contributed by atoms with van der Waals surface area (Å²) in [6, 6.07) is 20.7. The molecule has 122 valence electrons. The van der Waals surface area contributed by atoms with Gasteiger partial charge in [0.1, 0.15) is 5.03 Å². The second-order valence-corrected chi connectivity index (χ2v) is 6.39. The highest BCUT2D eigenvalue weighted by Crippen LogP contribution is 2.29. The maximum atomic E-state index is 12.4. The lowest BCUT2D eigenvalue weighted by molar-refractivity contribution is 0.102. The van der Waals surface area contributed by atoms with E-state index in [-0.39, 0.29) is 5.78 Å². The third kappa shape index (κ3) is 3.32. The van der Waals surface area contributed by atoms with Crippen molar-refractivity contribution in [2.75, 3.05) is 5.75 Å². The zero-order valence-electron chi connectivity index (χ0n) is 13.3. The molecule has 4 aromatic rings. The summed E-state index contributed by atoms with van der Waals surface area (Å²) in [5.41, 5.74) is 1.54. The van der Waals surface area contributed by atoms with Crippen LogP contribution >= 0.6 is 11.8 Å². The number of aromatic nitrogens is 2. The molecule has 0 saturated heterocycles. The molecule has 0 N–H and O–H groups in total. The molecule has 2 heterocycles. The number of nitrogens with zero attached hydrogens (tertiary/aromatic N) is 2. The van der Waals surface area contributed by atoms with E-state index in [1.54, 1.807) is 12.3 Å². The summed E-state index contributed by atoms with van der Waals surface area (Å²) in [5.74, 6) is 1.54. The summed E-state index contributed by atoms with van der Waals surface area (Å²) in [5, 5.41) is 1.71. The Labute approximate surface area is 148 Å². The number of carbonyl (C=O) groups excluding carboxylic acids is 1. The summed E-state index contributed by atoms with van der Waals surface area (Å²) >= 11 is 1.42. The second kappa shape index (κ2) is 6.91. The van der Waals surface area contributed by atoms with Crippen LogP contribution < -0.4 is 0 Å². The average Bonchev–Trinajstić information content (AvgIpc) is 3.21. The summed E-state index contributed by atoms with van der Waals surface area (Å²) in [6.07, 6.45) is 1.60. The first-order valence-electron chi connectivity index (χ1n) is 7.83. The number of benzene rings is 2. The Balaban J connectivity index is 1.67. The molecule has 0 atom stereocenters. The first kappa shape index (κ1) is 15.6. The Morgan fingerprint density at radius 3 is 2.52 bits per heavy atom. The number of ketones is 1. The fraction of sp³-hybridized carbons (Fsp3) is 0.0500. The molecule has 0 fully saturated rings. The van der Waals surface area contributed by atoms with Crippen molar-refractivity contribution in [2.24, 2.45) is 0 Å². The Bertz CT molecular complexity index is 1010. The monoisotopic (exact) mass is 346 g/mol. The molecule has 0 bridgehead atoms. The van der Waals surface area contributed by atoms with Gasteiger partial charge in [-0.1, -0.05) is 60.3 Å². The van der Waals surface area contributed by atoms with Crippen LogP contribution in [-0.2, 0) is 0 Å². The van der Waals surface area contributed by atoms with E-state index in [1.165, 1.54) is 11.8 Å². The smallest absolute Gasteiger partial charge is 0.197 e. The van der Waals surface area contributed by atoms with Gasteiger partial charge < -0.3 is 4.42 Å². The molecule has 0 radical (unpaired) electrons. The zero-order chi connectivity index (χ0) is 17.1. The highest BCUT2D eigenvalue weighted by atomic mass is 32.2. The number of hydrogen-bond acceptors (Lipinski definition) is 5. The van der Waals surface area contributed by atoms with Crippen LogP contribution in [-0.4, -0.2) is 21.5 Å². The van der Waals surface area contributed by atoms with Crippen LogP contribution in [0.5, 0.6) is 0 Å². The number of hydrogen-bond donors (Lipinski definition) is 0. The Hall–Kier alpha value is -2.92. The van der Waals surface area contributed by atoms with Crippen LogP contribution in [0.15, 0.2) is 82.4 Å². The minimum absolute atomic E-state index is 0.0767. The van der Waals surface area contributed by atoms with Gasteiger partial charge in [-0.25, -0.2) is 9.97 Å². The van der Waals surface area contributed by atoms with Crippen LogP contribution in [0.2, 0.25) is 0 Å². The van der Waals surface area contributed by atoms with Gasteiger partial charge in [0.25, 0.3) is 0 Å². The number of thioether (sulfide) groups is 1. The van der Waals surface area contributed by atoms with Crippen LogP contribution in [0.4, 0.5) is 0 Å². The number of furan rings is 1. The molecule has 0 spiro atoms. The number of rotatable bonds is 5. The van der Waals surface area contributed by atoms with Crippen molar-refractivity contribution in [1.82, 2.24) is 9.97 Å². The third-order valence-electron chi connectivity index (χ3n) is 3.75. The van der Waals surface area contributed by atoms with E-state index >= 15 is 0 Å². The SMILES string of the molecule is O=C(CSc1nc(-c2ccco2)nc2ccccc12)c1ccccc1. The Morgan fingerprint density at radius 2 is 1.72 bits per heavy atom. The van der Waals surface area contributed by atoms with Gasteiger partial charge >= 0.3 is 0 Å². The molecule has 0 aliphatic heterocycles. The van der Waals surface area contributed by atoms with Gasteiger partial charge in [0.05, 0.1) is 17.5 Å². The molecule has 0 aliphatic carbocycles. The lowest BCUT2D eigenvalue weighted by Gasteiger charge is -2.07. The predicted octanol–water partition coefficient (Wildman–Crippen LogP) is 4.86. The standard InChI is InChI=1S/C20H14N2O2S/c23-17(14-7-2-1-3-8-14)13-25-20-15-9-4-5-10-16(15)21-19(22-20)18-11-6-12-24-18/h1-12H,13H2. The third-order valence-corrected chi connectivity index (χ3v) is 4.74. The molecule has 25 heavy (non-hydrogen) atoms. The van der Waals surface area contributed by atoms with E-state index in [1.807, 2.05) is 60.7 Å². The number of carbonyl (C=O) groups is 1. The lowest BCUT2D eigenvalue weighted by atomic mass is 10.2. The van der Waals surface area contributed by atoms with Gasteiger partial charge in [-0.3, -0.25) is 4.79 Å². The molecular formula is C20H14N2O2S. The van der Waals surface area contributed by atoms with Crippen LogP contribution in [0.3, 0.4) is 0 Å². The fourth-order valence-electron chi connectivity index (χ4n) is 2.51. The molecule has 0 saturated carbocycles. The van der Waals surface area contributed by atoms with Gasteiger partial charge in [-0.05, 0) is 18.2 Å². The Kier molecular flexibility index (Phi) is 4.31. The van der Waals surface area contributed by atoms with Crippen molar-refractivity contribution in [3.05, 3.63) is 78.6 Å². The first-order chi connectivity index (χ1) is 12.3. The Morgan fingerprint density at radius 1 is 0.920 bits per heavy atom. The molecule has 0 amide bonds. The predicted molar refractivity (Wildman–Crippen MR) is 98.7 cm³/mol. The van der Waals surface area contributed by atoms with E-state index in [4.69, 9.17) is 4.42 Å². The molecule has 0 unspecified atom stereocenters. The highest BCUT2D eigenvalue weighted by molar-refractivity contribution is 8.00. The van der Waals surface area contributed by atoms with E-state index in [9.17, 15) is 4.79 Å². The van der Waals surface area contributed by atoms with Gasteiger partial charge in [0.15, 0.2) is 17.4 Å². The molecule has 0 aliphatic rings. The number of fused-ring (bicyclic) bond motifs is 1. The van der Waals surface area contributed by atoms with E-state index in [2.05, 4.69) is 9.97 Å². The zero-order valence-corrected chi connectivity index (χ0v) is 14.1.